The van der Waals surface area contributed by atoms with Crippen molar-refractivity contribution in [3.8, 4) is 0 Å². The van der Waals surface area contributed by atoms with Crippen molar-refractivity contribution >= 4 is 18.3 Å². The molecule has 1 aliphatic carbocycles. The van der Waals surface area contributed by atoms with Gasteiger partial charge in [-0.05, 0) is 62.1 Å². The Labute approximate surface area is 145 Å². The van der Waals surface area contributed by atoms with Gasteiger partial charge in [-0.3, -0.25) is 4.79 Å². The largest absolute Gasteiger partial charge is 0.342 e. The van der Waals surface area contributed by atoms with Crippen LogP contribution in [0.3, 0.4) is 0 Å². The highest BCUT2D eigenvalue weighted by Crippen LogP contribution is 2.59. The van der Waals surface area contributed by atoms with Gasteiger partial charge < -0.3 is 10.2 Å². The van der Waals surface area contributed by atoms with Crippen molar-refractivity contribution in [2.24, 2.45) is 11.3 Å². The van der Waals surface area contributed by atoms with E-state index in [0.717, 1.165) is 45.4 Å². The molecule has 4 rings (SSSR count). The van der Waals surface area contributed by atoms with Crippen molar-refractivity contribution in [1.29, 1.82) is 0 Å². The Morgan fingerprint density at radius 2 is 1.74 bits per heavy atom. The van der Waals surface area contributed by atoms with E-state index in [1.807, 2.05) is 0 Å². The number of nitrogens with zero attached hydrogens (tertiary/aromatic N) is 1. The van der Waals surface area contributed by atoms with Gasteiger partial charge in [-0.1, -0.05) is 30.3 Å². The van der Waals surface area contributed by atoms with Crippen molar-refractivity contribution < 1.29 is 4.79 Å². The van der Waals surface area contributed by atoms with Crippen LogP contribution in [0.15, 0.2) is 30.3 Å². The van der Waals surface area contributed by atoms with Crippen molar-refractivity contribution in [2.45, 2.75) is 38.0 Å². The molecule has 3 nitrogen and oxygen atoms in total. The van der Waals surface area contributed by atoms with Crippen molar-refractivity contribution in [1.82, 2.24) is 10.2 Å². The number of carbonyl (C=O) groups excluding carboxylic acids is 1. The summed E-state index contributed by atoms with van der Waals surface area (Å²) in [6, 6.07) is 10.8. The van der Waals surface area contributed by atoms with Crippen LogP contribution in [-0.4, -0.2) is 37.0 Å². The molecular formula is C19H27ClN2O. The Hall–Kier alpha value is -1.06. The molecule has 0 bridgehead atoms. The second-order valence-corrected chi connectivity index (χ2v) is 7.38. The fourth-order valence-corrected chi connectivity index (χ4v) is 4.55. The molecular weight excluding hydrogens is 308 g/mol. The van der Waals surface area contributed by atoms with E-state index in [9.17, 15) is 4.79 Å². The van der Waals surface area contributed by atoms with Crippen LogP contribution in [0.2, 0.25) is 0 Å². The summed E-state index contributed by atoms with van der Waals surface area (Å²) in [4.78, 5) is 14.9. The molecule has 2 heterocycles. The minimum absolute atomic E-state index is 0. The molecule has 2 saturated heterocycles. The molecule has 126 valence electrons. The van der Waals surface area contributed by atoms with Gasteiger partial charge in [-0.2, -0.15) is 0 Å². The van der Waals surface area contributed by atoms with E-state index in [1.54, 1.807) is 0 Å². The quantitative estimate of drug-likeness (QED) is 0.900. The van der Waals surface area contributed by atoms with Crippen molar-refractivity contribution in [3.63, 3.8) is 0 Å². The lowest BCUT2D eigenvalue weighted by molar-refractivity contribution is -0.134. The lowest BCUT2D eigenvalue weighted by Crippen LogP contribution is -2.40. The van der Waals surface area contributed by atoms with E-state index in [-0.39, 0.29) is 12.4 Å². The molecule has 1 aromatic carbocycles. The van der Waals surface area contributed by atoms with Crippen LogP contribution in [0.4, 0.5) is 0 Å². The number of rotatable bonds is 2. The van der Waals surface area contributed by atoms with Gasteiger partial charge in [0, 0.05) is 19.0 Å². The maximum absolute atomic E-state index is 12.8. The molecule has 1 spiro atoms. The average Bonchev–Trinajstić information content (AvgIpc) is 3.29. The number of piperidine rings is 2. The fraction of sp³-hybridized carbons (Fsp3) is 0.632. The van der Waals surface area contributed by atoms with E-state index in [4.69, 9.17) is 0 Å². The van der Waals surface area contributed by atoms with Gasteiger partial charge in [0.1, 0.15) is 0 Å². The highest BCUT2D eigenvalue weighted by atomic mass is 35.5. The van der Waals surface area contributed by atoms with Gasteiger partial charge in [-0.15, -0.1) is 12.4 Å². The molecule has 1 atom stereocenters. The third-order valence-corrected chi connectivity index (χ3v) is 6.16. The van der Waals surface area contributed by atoms with E-state index in [1.165, 1.54) is 18.4 Å². The number of nitrogens with one attached hydrogen (secondary N) is 1. The fourth-order valence-electron chi connectivity index (χ4n) is 4.55. The molecule has 0 aromatic heterocycles. The van der Waals surface area contributed by atoms with Gasteiger partial charge in [0.15, 0.2) is 0 Å². The average molecular weight is 335 g/mol. The summed E-state index contributed by atoms with van der Waals surface area (Å²) in [7, 11) is 0. The Morgan fingerprint density at radius 1 is 1.09 bits per heavy atom. The maximum atomic E-state index is 12.8. The summed E-state index contributed by atoms with van der Waals surface area (Å²) >= 11 is 0. The first-order valence-corrected chi connectivity index (χ1v) is 8.83. The molecule has 3 aliphatic rings. The molecule has 1 aromatic rings. The summed E-state index contributed by atoms with van der Waals surface area (Å²) in [5.74, 6) is 1.42. The first kappa shape index (κ1) is 16.8. The monoisotopic (exact) mass is 334 g/mol. The normalized spacial score (nSPS) is 26.6. The molecule has 0 radical (unpaired) electrons. The van der Waals surface area contributed by atoms with E-state index in [2.05, 4.69) is 40.5 Å². The lowest BCUT2D eigenvalue weighted by atomic mass is 9.88. The van der Waals surface area contributed by atoms with Crippen LogP contribution in [0, 0.1) is 11.3 Å². The zero-order valence-corrected chi connectivity index (χ0v) is 14.5. The summed E-state index contributed by atoms with van der Waals surface area (Å²) in [5.41, 5.74) is 1.81. The highest BCUT2D eigenvalue weighted by Gasteiger charge is 2.58. The van der Waals surface area contributed by atoms with E-state index >= 15 is 0 Å². The second kappa shape index (κ2) is 6.82. The molecule has 3 fully saturated rings. The molecule has 1 N–H and O–H groups in total. The number of halogens is 1. The van der Waals surface area contributed by atoms with Crippen LogP contribution >= 0.6 is 12.4 Å². The Kier molecular flexibility index (Phi) is 4.98. The molecule has 4 heteroatoms. The van der Waals surface area contributed by atoms with Gasteiger partial charge in [0.05, 0.1) is 0 Å². The minimum atomic E-state index is 0. The summed E-state index contributed by atoms with van der Waals surface area (Å²) < 4.78 is 0. The zero-order valence-electron chi connectivity index (χ0n) is 13.7. The van der Waals surface area contributed by atoms with Crippen LogP contribution in [0.5, 0.6) is 0 Å². The molecule has 1 amide bonds. The Bertz CT molecular complexity index is 534. The van der Waals surface area contributed by atoms with E-state index in [0.29, 0.717) is 23.2 Å². The van der Waals surface area contributed by atoms with Gasteiger partial charge >= 0.3 is 0 Å². The lowest BCUT2D eigenvalue weighted by Gasteiger charge is -2.33. The number of likely N-dealkylation sites (tertiary alicyclic amines) is 1. The summed E-state index contributed by atoms with van der Waals surface area (Å²) in [6.07, 6.45) is 5.79. The number of amides is 1. The predicted molar refractivity (Wildman–Crippen MR) is 94.9 cm³/mol. The third kappa shape index (κ3) is 3.27. The minimum Gasteiger partial charge on any atom is -0.342 e. The smallest absolute Gasteiger partial charge is 0.226 e. The topological polar surface area (TPSA) is 32.3 Å². The first-order chi connectivity index (χ1) is 10.8. The van der Waals surface area contributed by atoms with Gasteiger partial charge in [-0.25, -0.2) is 0 Å². The van der Waals surface area contributed by atoms with Gasteiger partial charge in [0.25, 0.3) is 0 Å². The number of hydrogen-bond donors (Lipinski definition) is 1. The number of benzene rings is 1. The Morgan fingerprint density at radius 3 is 2.39 bits per heavy atom. The summed E-state index contributed by atoms with van der Waals surface area (Å²) in [6.45, 7) is 4.09. The Balaban J connectivity index is 0.00000156. The van der Waals surface area contributed by atoms with Crippen LogP contribution in [0.25, 0.3) is 0 Å². The van der Waals surface area contributed by atoms with E-state index < -0.39 is 0 Å². The molecule has 1 unspecified atom stereocenters. The van der Waals surface area contributed by atoms with Crippen LogP contribution in [-0.2, 0) is 4.79 Å². The standard InChI is InChI=1S/C19H26N2O.ClH/c22-18(17-14-19(17)8-10-20-11-9-19)21-12-6-16(7-13-21)15-4-2-1-3-5-15;/h1-5,16-17,20H,6-14H2;1H. The summed E-state index contributed by atoms with van der Waals surface area (Å²) in [5, 5.41) is 3.42. The van der Waals surface area contributed by atoms with Crippen LogP contribution < -0.4 is 5.32 Å². The first-order valence-electron chi connectivity index (χ1n) is 8.83. The highest BCUT2D eigenvalue weighted by molar-refractivity contribution is 5.85. The zero-order chi connectivity index (χ0) is 15.0. The molecule has 23 heavy (non-hydrogen) atoms. The van der Waals surface area contributed by atoms with Crippen molar-refractivity contribution in [2.75, 3.05) is 26.2 Å². The van der Waals surface area contributed by atoms with Gasteiger partial charge in [0.2, 0.25) is 5.91 Å². The number of carbonyl (C=O) groups is 1. The third-order valence-electron chi connectivity index (χ3n) is 6.16. The molecule has 1 saturated carbocycles. The number of hydrogen-bond acceptors (Lipinski definition) is 2. The predicted octanol–water partition coefficient (Wildman–Crippen LogP) is 3.20. The maximum Gasteiger partial charge on any atom is 0.226 e. The molecule has 2 aliphatic heterocycles. The van der Waals surface area contributed by atoms with Crippen molar-refractivity contribution in [3.05, 3.63) is 35.9 Å². The van der Waals surface area contributed by atoms with Crippen LogP contribution in [0.1, 0.15) is 43.6 Å². The SMILES string of the molecule is Cl.O=C(C1CC12CCNCC2)N1CCC(c2ccccc2)CC1. The second-order valence-electron chi connectivity index (χ2n) is 7.38.